The first kappa shape index (κ1) is 13.9. The Balaban J connectivity index is 1.38. The van der Waals surface area contributed by atoms with Gasteiger partial charge in [0.1, 0.15) is 0 Å². The van der Waals surface area contributed by atoms with Gasteiger partial charge in [-0.1, -0.05) is 12.2 Å². The third-order valence-electron chi connectivity index (χ3n) is 5.45. The number of hydrogen-bond donors (Lipinski definition) is 3. The van der Waals surface area contributed by atoms with E-state index in [1.807, 2.05) is 0 Å². The van der Waals surface area contributed by atoms with Crippen molar-refractivity contribution >= 4 is 6.03 Å². The summed E-state index contributed by atoms with van der Waals surface area (Å²) in [4.78, 5) is 12.0. The van der Waals surface area contributed by atoms with Gasteiger partial charge >= 0.3 is 6.03 Å². The molecule has 4 N–H and O–H groups in total. The van der Waals surface area contributed by atoms with Gasteiger partial charge in [0, 0.05) is 12.6 Å². The van der Waals surface area contributed by atoms with Crippen LogP contribution in [0.25, 0.3) is 0 Å². The Morgan fingerprint density at radius 2 is 2.05 bits per heavy atom. The number of allylic oxidation sites excluding steroid dienone is 2. The van der Waals surface area contributed by atoms with E-state index in [0.29, 0.717) is 23.8 Å². The normalized spacial score (nSPS) is 39.0. The summed E-state index contributed by atoms with van der Waals surface area (Å²) in [5.74, 6) is 2.69. The minimum absolute atomic E-state index is 0.0121. The molecule has 20 heavy (non-hydrogen) atoms. The van der Waals surface area contributed by atoms with E-state index in [0.717, 1.165) is 38.3 Å². The lowest BCUT2D eigenvalue weighted by Gasteiger charge is -2.38. The van der Waals surface area contributed by atoms with Crippen molar-refractivity contribution in [1.82, 2.24) is 10.6 Å². The fourth-order valence-corrected chi connectivity index (χ4v) is 4.17. The largest absolute Gasteiger partial charge is 0.338 e. The standard InChI is InChI=1S/C16H27N3O/c17-9-12-3-6-15(8-12)19-16(20)18-10-14-7-11-1-4-13(14)5-2-11/h1,4,11-15H,2-3,5-10,17H2,(H2,18,19,20). The zero-order chi connectivity index (χ0) is 13.9. The number of urea groups is 1. The van der Waals surface area contributed by atoms with E-state index in [4.69, 9.17) is 5.73 Å². The highest BCUT2D eigenvalue weighted by Crippen LogP contribution is 2.39. The molecule has 4 heteroatoms. The quantitative estimate of drug-likeness (QED) is 0.688. The van der Waals surface area contributed by atoms with Crippen molar-refractivity contribution in [3.63, 3.8) is 0 Å². The summed E-state index contributed by atoms with van der Waals surface area (Å²) >= 11 is 0. The molecule has 4 nitrogen and oxygen atoms in total. The Bertz CT molecular complexity index is 382. The predicted octanol–water partition coefficient (Wildman–Crippen LogP) is 2.02. The van der Waals surface area contributed by atoms with Crippen LogP contribution < -0.4 is 16.4 Å². The van der Waals surface area contributed by atoms with E-state index in [9.17, 15) is 4.79 Å². The molecular formula is C16H27N3O. The van der Waals surface area contributed by atoms with Crippen LogP contribution in [0.1, 0.15) is 38.5 Å². The average Bonchev–Trinajstić information content (AvgIpc) is 2.94. The molecule has 0 heterocycles. The zero-order valence-electron chi connectivity index (χ0n) is 12.2. The number of amides is 2. The van der Waals surface area contributed by atoms with Gasteiger partial charge in [-0.2, -0.15) is 0 Å². The summed E-state index contributed by atoms with van der Waals surface area (Å²) in [7, 11) is 0. The van der Waals surface area contributed by atoms with Crippen molar-refractivity contribution in [3.05, 3.63) is 12.2 Å². The molecule has 4 rings (SSSR count). The molecule has 0 aromatic heterocycles. The lowest BCUT2D eigenvalue weighted by atomic mass is 9.69. The fourth-order valence-electron chi connectivity index (χ4n) is 4.17. The van der Waals surface area contributed by atoms with E-state index < -0.39 is 0 Å². The Labute approximate surface area is 121 Å². The Kier molecular flexibility index (Phi) is 4.29. The first-order valence-electron chi connectivity index (χ1n) is 8.17. The van der Waals surface area contributed by atoms with Gasteiger partial charge in [0.05, 0.1) is 0 Å². The Morgan fingerprint density at radius 3 is 2.65 bits per heavy atom. The summed E-state index contributed by atoms with van der Waals surface area (Å²) in [6.45, 7) is 1.57. The molecule has 2 bridgehead atoms. The first-order valence-corrected chi connectivity index (χ1v) is 8.17. The second-order valence-corrected chi connectivity index (χ2v) is 6.85. The van der Waals surface area contributed by atoms with Gasteiger partial charge in [0.15, 0.2) is 0 Å². The predicted molar refractivity (Wildman–Crippen MR) is 80.2 cm³/mol. The maximum absolute atomic E-state index is 12.0. The van der Waals surface area contributed by atoms with Gasteiger partial charge in [0.2, 0.25) is 0 Å². The molecule has 5 atom stereocenters. The molecule has 0 aromatic rings. The number of nitrogens with one attached hydrogen (secondary N) is 2. The number of carbonyl (C=O) groups excluding carboxylic acids is 1. The van der Waals surface area contributed by atoms with Crippen LogP contribution in [-0.4, -0.2) is 25.2 Å². The van der Waals surface area contributed by atoms with Crippen molar-refractivity contribution in [1.29, 1.82) is 0 Å². The maximum Gasteiger partial charge on any atom is 0.315 e. The third-order valence-corrected chi connectivity index (χ3v) is 5.45. The van der Waals surface area contributed by atoms with Gasteiger partial charge < -0.3 is 16.4 Å². The number of fused-ring (bicyclic) bond motifs is 2. The summed E-state index contributed by atoms with van der Waals surface area (Å²) in [5.41, 5.74) is 5.68. The Hall–Kier alpha value is -1.03. The van der Waals surface area contributed by atoms with E-state index in [1.54, 1.807) is 0 Å². The van der Waals surface area contributed by atoms with Crippen LogP contribution in [-0.2, 0) is 0 Å². The SMILES string of the molecule is NCC1CCC(NC(=O)NCC2CC3C=CC2CC3)C1. The van der Waals surface area contributed by atoms with Gasteiger partial charge in [0.25, 0.3) is 0 Å². The summed E-state index contributed by atoms with van der Waals surface area (Å²) in [6, 6.07) is 0.337. The van der Waals surface area contributed by atoms with Crippen LogP contribution in [0.4, 0.5) is 4.79 Å². The summed E-state index contributed by atoms with van der Waals surface area (Å²) in [5, 5.41) is 6.18. The molecule has 2 amide bonds. The zero-order valence-corrected chi connectivity index (χ0v) is 12.2. The van der Waals surface area contributed by atoms with Gasteiger partial charge in [-0.05, 0) is 68.7 Å². The highest BCUT2D eigenvalue weighted by atomic mass is 16.2. The van der Waals surface area contributed by atoms with Gasteiger partial charge in [-0.3, -0.25) is 0 Å². The lowest BCUT2D eigenvalue weighted by molar-refractivity contribution is 0.205. The number of carbonyl (C=O) groups is 1. The van der Waals surface area contributed by atoms with Crippen LogP contribution in [0, 0.1) is 23.7 Å². The molecule has 2 saturated carbocycles. The minimum atomic E-state index is 0.0121. The van der Waals surface area contributed by atoms with Crippen molar-refractivity contribution in [2.24, 2.45) is 29.4 Å². The van der Waals surface area contributed by atoms with E-state index in [1.165, 1.54) is 19.3 Å². The van der Waals surface area contributed by atoms with E-state index >= 15 is 0 Å². The van der Waals surface area contributed by atoms with Crippen LogP contribution in [0.2, 0.25) is 0 Å². The monoisotopic (exact) mass is 277 g/mol. The Morgan fingerprint density at radius 1 is 1.15 bits per heavy atom. The van der Waals surface area contributed by atoms with E-state index in [-0.39, 0.29) is 6.03 Å². The highest BCUT2D eigenvalue weighted by Gasteiger charge is 2.32. The van der Waals surface area contributed by atoms with Crippen LogP contribution in [0.3, 0.4) is 0 Å². The molecule has 0 aliphatic heterocycles. The number of rotatable bonds is 4. The molecule has 0 aromatic carbocycles. The second kappa shape index (κ2) is 6.17. The second-order valence-electron chi connectivity index (χ2n) is 6.85. The number of nitrogens with two attached hydrogens (primary N) is 1. The molecule has 112 valence electrons. The van der Waals surface area contributed by atoms with Gasteiger partial charge in [-0.15, -0.1) is 0 Å². The molecule has 0 spiro atoms. The lowest BCUT2D eigenvalue weighted by Crippen LogP contribution is -2.44. The van der Waals surface area contributed by atoms with Gasteiger partial charge in [-0.25, -0.2) is 4.79 Å². The van der Waals surface area contributed by atoms with Crippen LogP contribution in [0.15, 0.2) is 12.2 Å². The maximum atomic E-state index is 12.0. The molecule has 4 aliphatic carbocycles. The molecule has 0 saturated heterocycles. The smallest absolute Gasteiger partial charge is 0.315 e. The molecule has 2 fully saturated rings. The molecule has 0 radical (unpaired) electrons. The topological polar surface area (TPSA) is 67.1 Å². The minimum Gasteiger partial charge on any atom is -0.338 e. The van der Waals surface area contributed by atoms with Crippen molar-refractivity contribution < 1.29 is 4.79 Å². The molecule has 5 unspecified atom stereocenters. The van der Waals surface area contributed by atoms with Crippen molar-refractivity contribution in [2.45, 2.75) is 44.6 Å². The fraction of sp³-hybridized carbons (Fsp3) is 0.812. The highest BCUT2D eigenvalue weighted by molar-refractivity contribution is 5.74. The van der Waals surface area contributed by atoms with Crippen LogP contribution >= 0.6 is 0 Å². The average molecular weight is 277 g/mol. The molecular weight excluding hydrogens is 250 g/mol. The first-order chi connectivity index (χ1) is 9.74. The summed E-state index contributed by atoms with van der Waals surface area (Å²) < 4.78 is 0. The number of hydrogen-bond acceptors (Lipinski definition) is 2. The molecule has 4 aliphatic rings. The third kappa shape index (κ3) is 3.17. The summed E-state index contributed by atoms with van der Waals surface area (Å²) in [6.07, 6.45) is 11.9. The van der Waals surface area contributed by atoms with Crippen LogP contribution in [0.5, 0.6) is 0 Å². The van der Waals surface area contributed by atoms with E-state index in [2.05, 4.69) is 22.8 Å². The van der Waals surface area contributed by atoms with Crippen molar-refractivity contribution in [2.75, 3.05) is 13.1 Å². The van der Waals surface area contributed by atoms with Crippen molar-refractivity contribution in [3.8, 4) is 0 Å².